The molecular weight excluding hydrogens is 330 g/mol. The maximum absolute atomic E-state index is 12.3. The summed E-state index contributed by atoms with van der Waals surface area (Å²) in [6, 6.07) is 5.04. The molecule has 0 saturated carbocycles. The number of amides is 1. The first-order valence-corrected chi connectivity index (χ1v) is 7.29. The number of aliphatic hydroxyl groups is 1. The minimum Gasteiger partial charge on any atom is -0.396 e. The number of halogens is 2. The van der Waals surface area contributed by atoms with Crippen molar-refractivity contribution in [3.05, 3.63) is 33.3 Å². The number of hydrogen-bond donors (Lipinski definition) is 2. The van der Waals surface area contributed by atoms with Gasteiger partial charge >= 0.3 is 0 Å². The Morgan fingerprint density at radius 2 is 2.11 bits per heavy atom. The Kier molecular flexibility index (Phi) is 5.83. The van der Waals surface area contributed by atoms with Gasteiger partial charge in [-0.05, 0) is 30.0 Å². The fourth-order valence-electron chi connectivity index (χ4n) is 1.76. The number of nitrogens with one attached hydrogen (secondary N) is 1. The molecule has 3 nitrogen and oxygen atoms in total. The lowest BCUT2D eigenvalue weighted by molar-refractivity contribution is 0.0885. The highest BCUT2D eigenvalue weighted by Gasteiger charge is 2.26. The van der Waals surface area contributed by atoms with Crippen LogP contribution in [0.3, 0.4) is 0 Å². The van der Waals surface area contributed by atoms with E-state index in [4.69, 9.17) is 16.7 Å². The molecule has 5 heteroatoms. The summed E-state index contributed by atoms with van der Waals surface area (Å²) in [6.07, 6.45) is 0.515. The van der Waals surface area contributed by atoms with Gasteiger partial charge in [-0.15, -0.1) is 0 Å². The third-order valence-corrected chi connectivity index (χ3v) is 3.76. The number of carbonyl (C=O) groups excluding carboxylic acids is 1. The van der Waals surface area contributed by atoms with E-state index in [1.165, 1.54) is 0 Å². The van der Waals surface area contributed by atoms with Crippen molar-refractivity contribution in [3.63, 3.8) is 0 Å². The fraction of sp³-hybridized carbons (Fsp3) is 0.500. The molecule has 1 amide bonds. The van der Waals surface area contributed by atoms with Crippen molar-refractivity contribution >= 4 is 33.4 Å². The third-order valence-electron chi connectivity index (χ3n) is 2.94. The van der Waals surface area contributed by atoms with Crippen LogP contribution in [-0.2, 0) is 0 Å². The molecule has 0 fully saturated rings. The van der Waals surface area contributed by atoms with Crippen molar-refractivity contribution in [2.24, 2.45) is 5.41 Å². The van der Waals surface area contributed by atoms with E-state index in [9.17, 15) is 4.79 Å². The topological polar surface area (TPSA) is 49.3 Å². The van der Waals surface area contributed by atoms with Crippen LogP contribution >= 0.6 is 27.5 Å². The van der Waals surface area contributed by atoms with Crippen molar-refractivity contribution in [2.75, 3.05) is 6.61 Å². The second-order valence-electron chi connectivity index (χ2n) is 5.53. The number of carbonyl (C=O) groups is 1. The van der Waals surface area contributed by atoms with Gasteiger partial charge < -0.3 is 10.4 Å². The normalized spacial score (nSPS) is 13.2. The van der Waals surface area contributed by atoms with E-state index >= 15 is 0 Å². The molecule has 0 aliphatic carbocycles. The van der Waals surface area contributed by atoms with Crippen molar-refractivity contribution in [3.8, 4) is 0 Å². The predicted molar refractivity (Wildman–Crippen MR) is 81.6 cm³/mol. The molecule has 0 radical (unpaired) electrons. The van der Waals surface area contributed by atoms with Crippen molar-refractivity contribution in [1.29, 1.82) is 0 Å². The summed E-state index contributed by atoms with van der Waals surface area (Å²) >= 11 is 9.36. The zero-order valence-electron chi connectivity index (χ0n) is 11.3. The average Bonchev–Trinajstić information content (AvgIpc) is 2.30. The summed E-state index contributed by atoms with van der Waals surface area (Å²) in [4.78, 5) is 12.3. The molecule has 0 heterocycles. The van der Waals surface area contributed by atoms with Gasteiger partial charge in [-0.1, -0.05) is 48.3 Å². The van der Waals surface area contributed by atoms with E-state index in [1.54, 1.807) is 18.2 Å². The van der Waals surface area contributed by atoms with Gasteiger partial charge in [0.1, 0.15) is 0 Å². The van der Waals surface area contributed by atoms with Crippen LogP contribution in [0.1, 0.15) is 37.6 Å². The van der Waals surface area contributed by atoms with Gasteiger partial charge in [-0.3, -0.25) is 4.79 Å². The maximum Gasteiger partial charge on any atom is 0.253 e. The molecular formula is C14H19BrClNO2. The molecule has 0 bridgehead atoms. The average molecular weight is 349 g/mol. The number of hydrogen-bond acceptors (Lipinski definition) is 2. The van der Waals surface area contributed by atoms with E-state index in [1.807, 2.05) is 20.8 Å². The Labute approximate surface area is 127 Å². The van der Waals surface area contributed by atoms with Gasteiger partial charge in [0, 0.05) is 17.1 Å². The van der Waals surface area contributed by atoms with Crippen molar-refractivity contribution < 1.29 is 9.90 Å². The molecule has 1 unspecified atom stereocenters. The second-order valence-corrected chi connectivity index (χ2v) is 6.85. The van der Waals surface area contributed by atoms with Crippen molar-refractivity contribution in [2.45, 2.75) is 33.2 Å². The first-order valence-electron chi connectivity index (χ1n) is 6.12. The van der Waals surface area contributed by atoms with Gasteiger partial charge in [0.2, 0.25) is 0 Å². The van der Waals surface area contributed by atoms with E-state index < -0.39 is 0 Å². The molecule has 19 heavy (non-hydrogen) atoms. The van der Waals surface area contributed by atoms with Crippen LogP contribution in [0.5, 0.6) is 0 Å². The van der Waals surface area contributed by atoms with E-state index in [2.05, 4.69) is 21.2 Å². The molecule has 0 aromatic heterocycles. The molecule has 106 valence electrons. The minimum absolute atomic E-state index is 0.0361. The fourth-order valence-corrected chi connectivity index (χ4v) is 2.32. The van der Waals surface area contributed by atoms with Crippen LogP contribution < -0.4 is 5.32 Å². The van der Waals surface area contributed by atoms with Crippen LogP contribution in [0.4, 0.5) is 0 Å². The van der Waals surface area contributed by atoms with Crippen molar-refractivity contribution in [1.82, 2.24) is 5.32 Å². The summed E-state index contributed by atoms with van der Waals surface area (Å²) < 4.78 is 0.802. The zero-order chi connectivity index (χ0) is 14.6. The maximum atomic E-state index is 12.3. The standard InChI is InChI=1S/C14H19BrClNO2/c1-14(2,3)12(6-7-18)17-13(19)10-8-9(15)4-5-11(10)16/h4-5,8,12,18H,6-7H2,1-3H3,(H,17,19). The van der Waals surface area contributed by atoms with Crippen LogP contribution in [0.2, 0.25) is 5.02 Å². The molecule has 2 N–H and O–H groups in total. The highest BCUT2D eigenvalue weighted by Crippen LogP contribution is 2.24. The Hall–Kier alpha value is -0.580. The lowest BCUT2D eigenvalue weighted by Gasteiger charge is -2.31. The molecule has 0 aliphatic heterocycles. The van der Waals surface area contributed by atoms with E-state index in [0.717, 1.165) is 4.47 Å². The molecule has 1 aromatic carbocycles. The quantitative estimate of drug-likeness (QED) is 0.873. The summed E-state index contributed by atoms with van der Waals surface area (Å²) in [7, 11) is 0. The zero-order valence-corrected chi connectivity index (χ0v) is 13.7. The predicted octanol–water partition coefficient (Wildman–Crippen LogP) is 3.63. The smallest absolute Gasteiger partial charge is 0.253 e. The van der Waals surface area contributed by atoms with Crippen LogP contribution in [0.25, 0.3) is 0 Å². The Balaban J connectivity index is 2.91. The summed E-state index contributed by atoms with van der Waals surface area (Å²) in [5, 5.41) is 12.4. The Morgan fingerprint density at radius 1 is 1.47 bits per heavy atom. The molecule has 1 atom stereocenters. The highest BCUT2D eigenvalue weighted by atomic mass is 79.9. The lowest BCUT2D eigenvalue weighted by Crippen LogP contribution is -2.44. The summed E-state index contributed by atoms with van der Waals surface area (Å²) in [5.74, 6) is -0.223. The number of benzene rings is 1. The molecule has 1 rings (SSSR count). The van der Waals surface area contributed by atoms with Gasteiger partial charge in [0.15, 0.2) is 0 Å². The molecule has 0 spiro atoms. The van der Waals surface area contributed by atoms with Gasteiger partial charge in [-0.2, -0.15) is 0 Å². The van der Waals surface area contributed by atoms with E-state index in [0.29, 0.717) is 17.0 Å². The van der Waals surface area contributed by atoms with Crippen LogP contribution in [-0.4, -0.2) is 23.7 Å². The highest BCUT2D eigenvalue weighted by molar-refractivity contribution is 9.10. The SMILES string of the molecule is CC(C)(C)C(CCO)NC(=O)c1cc(Br)ccc1Cl. The lowest BCUT2D eigenvalue weighted by atomic mass is 9.85. The monoisotopic (exact) mass is 347 g/mol. The minimum atomic E-state index is -0.223. The first kappa shape index (κ1) is 16.5. The summed E-state index contributed by atoms with van der Waals surface area (Å²) in [5.41, 5.74) is 0.305. The van der Waals surface area contributed by atoms with Gasteiger partial charge in [0.25, 0.3) is 5.91 Å². The second kappa shape index (κ2) is 6.73. The largest absolute Gasteiger partial charge is 0.396 e. The number of rotatable bonds is 4. The Morgan fingerprint density at radius 3 is 2.63 bits per heavy atom. The van der Waals surface area contributed by atoms with Gasteiger partial charge in [-0.25, -0.2) is 0 Å². The third kappa shape index (κ3) is 4.79. The molecule has 1 aromatic rings. The van der Waals surface area contributed by atoms with E-state index in [-0.39, 0.29) is 24.0 Å². The molecule has 0 aliphatic rings. The first-order chi connectivity index (χ1) is 8.75. The Bertz CT molecular complexity index is 457. The van der Waals surface area contributed by atoms with Crippen LogP contribution in [0, 0.1) is 5.41 Å². The summed E-state index contributed by atoms with van der Waals surface area (Å²) in [6.45, 7) is 6.11. The number of aliphatic hydroxyl groups excluding tert-OH is 1. The molecule has 0 saturated heterocycles. The van der Waals surface area contributed by atoms with Crippen LogP contribution in [0.15, 0.2) is 22.7 Å². The van der Waals surface area contributed by atoms with Gasteiger partial charge in [0.05, 0.1) is 10.6 Å².